The topological polar surface area (TPSA) is 72.8 Å². The van der Waals surface area contributed by atoms with Gasteiger partial charge in [0.25, 0.3) is 5.91 Å². The zero-order valence-electron chi connectivity index (χ0n) is 14.8. The van der Waals surface area contributed by atoms with E-state index in [1.807, 2.05) is 42.5 Å². The molecule has 3 aromatic rings. The van der Waals surface area contributed by atoms with Gasteiger partial charge in [0.1, 0.15) is 17.2 Å². The van der Waals surface area contributed by atoms with Crippen LogP contribution in [-0.4, -0.2) is 30.8 Å². The summed E-state index contributed by atoms with van der Waals surface area (Å²) in [6, 6.07) is 16.6. The number of hydrazone groups is 1. The third-order valence-electron chi connectivity index (χ3n) is 3.95. The predicted molar refractivity (Wildman–Crippen MR) is 101 cm³/mol. The maximum atomic E-state index is 12.3. The van der Waals surface area contributed by atoms with Gasteiger partial charge in [-0.2, -0.15) is 5.10 Å². The van der Waals surface area contributed by atoms with Crippen molar-refractivity contribution >= 4 is 22.5 Å². The Hall–Kier alpha value is -3.41. The molecule has 2 aromatic carbocycles. The summed E-state index contributed by atoms with van der Waals surface area (Å²) in [7, 11) is 3.16. The first-order chi connectivity index (χ1) is 12.6. The molecule has 1 heterocycles. The van der Waals surface area contributed by atoms with Crippen LogP contribution in [0.25, 0.3) is 10.9 Å². The van der Waals surface area contributed by atoms with Crippen molar-refractivity contribution in [1.82, 2.24) is 10.4 Å². The van der Waals surface area contributed by atoms with Crippen molar-refractivity contribution in [3.8, 4) is 11.5 Å². The molecule has 0 radical (unpaired) electrons. The van der Waals surface area contributed by atoms with Crippen LogP contribution in [0, 0.1) is 0 Å². The Morgan fingerprint density at radius 2 is 1.85 bits per heavy atom. The van der Waals surface area contributed by atoms with Crippen molar-refractivity contribution in [3.63, 3.8) is 0 Å². The SMILES string of the molecule is COc1ccc(/C(C)=N/NC(=O)c2ccc3ccccc3n2)c(OC)c1. The van der Waals surface area contributed by atoms with E-state index in [9.17, 15) is 4.79 Å². The lowest BCUT2D eigenvalue weighted by Gasteiger charge is -2.10. The van der Waals surface area contributed by atoms with E-state index in [1.165, 1.54) is 0 Å². The Balaban J connectivity index is 1.80. The normalized spacial score (nSPS) is 11.3. The van der Waals surface area contributed by atoms with E-state index in [0.717, 1.165) is 16.5 Å². The predicted octanol–water partition coefficient (Wildman–Crippen LogP) is 3.41. The Morgan fingerprint density at radius 1 is 1.04 bits per heavy atom. The Bertz CT molecular complexity index is 983. The second-order valence-electron chi connectivity index (χ2n) is 5.59. The van der Waals surface area contributed by atoms with Crippen molar-refractivity contribution < 1.29 is 14.3 Å². The summed E-state index contributed by atoms with van der Waals surface area (Å²) in [5.41, 5.74) is 4.98. The van der Waals surface area contributed by atoms with Gasteiger partial charge < -0.3 is 9.47 Å². The second kappa shape index (κ2) is 7.65. The van der Waals surface area contributed by atoms with Crippen LogP contribution in [-0.2, 0) is 0 Å². The number of carbonyl (C=O) groups excluding carboxylic acids is 1. The summed E-state index contributed by atoms with van der Waals surface area (Å²) in [5.74, 6) is 0.925. The molecule has 0 spiro atoms. The molecular weight excluding hydrogens is 330 g/mol. The lowest BCUT2D eigenvalue weighted by Crippen LogP contribution is -2.20. The molecule has 1 aromatic heterocycles. The number of benzene rings is 2. The third-order valence-corrected chi connectivity index (χ3v) is 3.95. The molecule has 0 saturated carbocycles. The van der Waals surface area contributed by atoms with E-state index in [-0.39, 0.29) is 5.91 Å². The van der Waals surface area contributed by atoms with Gasteiger partial charge in [0.2, 0.25) is 0 Å². The standard InChI is InChI=1S/C20H19N3O3/c1-13(16-10-9-15(25-2)12-19(16)26-3)22-23-20(24)18-11-8-14-6-4-5-7-17(14)21-18/h4-12H,1-3H3,(H,23,24)/b22-13+. The molecule has 132 valence electrons. The monoisotopic (exact) mass is 349 g/mol. The van der Waals surface area contributed by atoms with Crippen molar-refractivity contribution in [2.24, 2.45) is 5.10 Å². The van der Waals surface area contributed by atoms with Crippen molar-refractivity contribution in [2.75, 3.05) is 14.2 Å². The number of nitrogens with zero attached hydrogens (tertiary/aromatic N) is 2. The molecule has 1 N–H and O–H groups in total. The van der Waals surface area contributed by atoms with Gasteiger partial charge in [-0.3, -0.25) is 4.79 Å². The largest absolute Gasteiger partial charge is 0.497 e. The number of methoxy groups -OCH3 is 2. The van der Waals surface area contributed by atoms with Gasteiger partial charge in [-0.1, -0.05) is 24.3 Å². The minimum atomic E-state index is -0.373. The summed E-state index contributed by atoms with van der Waals surface area (Å²) in [5, 5.41) is 5.15. The summed E-state index contributed by atoms with van der Waals surface area (Å²) in [6.07, 6.45) is 0. The van der Waals surface area contributed by atoms with Gasteiger partial charge in [0.15, 0.2) is 0 Å². The number of ether oxygens (including phenoxy) is 2. The number of rotatable bonds is 5. The molecule has 0 aliphatic heterocycles. The summed E-state index contributed by atoms with van der Waals surface area (Å²) >= 11 is 0. The molecule has 0 aliphatic carbocycles. The van der Waals surface area contributed by atoms with Crippen molar-refractivity contribution in [3.05, 3.63) is 65.9 Å². The van der Waals surface area contributed by atoms with Gasteiger partial charge in [-0.15, -0.1) is 0 Å². The van der Waals surface area contributed by atoms with Crippen molar-refractivity contribution in [2.45, 2.75) is 6.92 Å². The first-order valence-electron chi connectivity index (χ1n) is 8.05. The van der Waals surface area contributed by atoms with E-state index in [1.54, 1.807) is 33.3 Å². The number of fused-ring (bicyclic) bond motifs is 1. The fourth-order valence-electron chi connectivity index (χ4n) is 2.54. The number of carbonyl (C=O) groups is 1. The molecule has 0 bridgehead atoms. The molecule has 0 aliphatic rings. The molecule has 6 heteroatoms. The number of pyridine rings is 1. The van der Waals surface area contributed by atoms with E-state index in [4.69, 9.17) is 9.47 Å². The van der Waals surface area contributed by atoms with Crippen LogP contribution in [0.3, 0.4) is 0 Å². The van der Waals surface area contributed by atoms with Gasteiger partial charge in [-0.25, -0.2) is 10.4 Å². The van der Waals surface area contributed by atoms with E-state index in [2.05, 4.69) is 15.5 Å². The van der Waals surface area contributed by atoms with Gasteiger partial charge in [-0.05, 0) is 31.2 Å². The first-order valence-corrected chi connectivity index (χ1v) is 8.05. The molecule has 3 rings (SSSR count). The molecule has 0 atom stereocenters. The summed E-state index contributed by atoms with van der Waals surface area (Å²) in [6.45, 7) is 1.79. The fraction of sp³-hybridized carbons (Fsp3) is 0.150. The number of hydrogen-bond donors (Lipinski definition) is 1. The molecule has 26 heavy (non-hydrogen) atoms. The third kappa shape index (κ3) is 3.64. The molecule has 0 saturated heterocycles. The Kier molecular flexibility index (Phi) is 5.12. The van der Waals surface area contributed by atoms with Gasteiger partial charge in [0.05, 0.1) is 25.4 Å². The smallest absolute Gasteiger partial charge is 0.289 e. The minimum absolute atomic E-state index is 0.307. The lowest BCUT2D eigenvalue weighted by molar-refractivity contribution is 0.0950. The summed E-state index contributed by atoms with van der Waals surface area (Å²) < 4.78 is 10.5. The van der Waals surface area contributed by atoms with Crippen LogP contribution in [0.2, 0.25) is 0 Å². The summed E-state index contributed by atoms with van der Waals surface area (Å²) in [4.78, 5) is 16.7. The highest BCUT2D eigenvalue weighted by Crippen LogP contribution is 2.25. The van der Waals surface area contributed by atoms with E-state index in [0.29, 0.717) is 22.9 Å². The maximum absolute atomic E-state index is 12.3. The minimum Gasteiger partial charge on any atom is -0.497 e. The van der Waals surface area contributed by atoms with Crippen LogP contribution < -0.4 is 14.9 Å². The zero-order valence-corrected chi connectivity index (χ0v) is 14.8. The number of nitrogens with one attached hydrogen (secondary N) is 1. The Labute approximate surface area is 151 Å². The second-order valence-corrected chi connectivity index (χ2v) is 5.59. The van der Waals surface area contributed by atoms with Gasteiger partial charge in [0, 0.05) is 17.0 Å². The van der Waals surface area contributed by atoms with E-state index < -0.39 is 0 Å². The number of aromatic nitrogens is 1. The highest BCUT2D eigenvalue weighted by molar-refractivity contribution is 6.02. The van der Waals surface area contributed by atoms with Crippen LogP contribution in [0.15, 0.2) is 59.7 Å². The Morgan fingerprint density at radius 3 is 2.62 bits per heavy atom. The molecular formula is C20H19N3O3. The lowest BCUT2D eigenvalue weighted by atomic mass is 10.1. The van der Waals surface area contributed by atoms with Crippen LogP contribution in [0.5, 0.6) is 11.5 Å². The molecule has 6 nitrogen and oxygen atoms in total. The number of para-hydroxylation sites is 1. The van der Waals surface area contributed by atoms with E-state index >= 15 is 0 Å². The molecule has 0 unspecified atom stereocenters. The highest BCUT2D eigenvalue weighted by atomic mass is 16.5. The first kappa shape index (κ1) is 17.4. The van der Waals surface area contributed by atoms with Crippen LogP contribution in [0.1, 0.15) is 23.0 Å². The number of hydrogen-bond acceptors (Lipinski definition) is 5. The average Bonchev–Trinajstić information content (AvgIpc) is 2.70. The average molecular weight is 349 g/mol. The maximum Gasteiger partial charge on any atom is 0.289 e. The van der Waals surface area contributed by atoms with Crippen LogP contribution >= 0.6 is 0 Å². The van der Waals surface area contributed by atoms with Gasteiger partial charge >= 0.3 is 0 Å². The highest BCUT2D eigenvalue weighted by Gasteiger charge is 2.10. The number of amides is 1. The zero-order chi connectivity index (χ0) is 18.5. The molecule has 1 amide bonds. The van der Waals surface area contributed by atoms with Crippen LogP contribution in [0.4, 0.5) is 0 Å². The van der Waals surface area contributed by atoms with Crippen molar-refractivity contribution in [1.29, 1.82) is 0 Å². The fourth-order valence-corrected chi connectivity index (χ4v) is 2.54. The quantitative estimate of drug-likeness (QED) is 0.566. The molecule has 0 fully saturated rings.